The van der Waals surface area contributed by atoms with Gasteiger partial charge in [-0.05, 0) is 24.3 Å². The average Bonchev–Trinajstić information content (AvgIpc) is 2.51. The fourth-order valence-corrected chi connectivity index (χ4v) is 2.32. The van der Waals surface area contributed by atoms with Gasteiger partial charge in [-0.1, -0.05) is 76.8 Å². The zero-order chi connectivity index (χ0) is 16.2. The first-order valence-electron chi connectivity index (χ1n) is 8.54. The lowest BCUT2D eigenvalue weighted by Gasteiger charge is -2.10. The molecule has 1 N–H and O–H groups in total. The third-order valence-corrected chi connectivity index (χ3v) is 3.53. The van der Waals surface area contributed by atoms with Crippen molar-refractivity contribution in [2.24, 2.45) is 11.0 Å². The first-order chi connectivity index (χ1) is 10.6. The van der Waals surface area contributed by atoms with Crippen LogP contribution in [-0.2, 0) is 4.79 Å². The predicted molar refractivity (Wildman–Crippen MR) is 94.0 cm³/mol. The number of hydrogen-bond donors (Lipinski definition) is 1. The van der Waals surface area contributed by atoms with Gasteiger partial charge in [0.25, 0.3) is 0 Å². The topological polar surface area (TPSA) is 41.5 Å². The summed E-state index contributed by atoms with van der Waals surface area (Å²) < 4.78 is 0. The Kier molecular flexibility index (Phi) is 9.20. The lowest BCUT2D eigenvalue weighted by atomic mass is 10.0. The van der Waals surface area contributed by atoms with Crippen molar-refractivity contribution in [3.63, 3.8) is 0 Å². The summed E-state index contributed by atoms with van der Waals surface area (Å²) in [6.07, 6.45) is 7.21. The molecular formula is C19H30N2O. The molecule has 0 aliphatic carbocycles. The minimum atomic E-state index is 0.0219. The summed E-state index contributed by atoms with van der Waals surface area (Å²) in [5.41, 5.74) is 4.76. The lowest BCUT2D eigenvalue weighted by Crippen LogP contribution is -2.20. The van der Waals surface area contributed by atoms with E-state index in [0.29, 0.717) is 12.3 Å². The Balaban J connectivity index is 2.49. The number of rotatable bonds is 10. The van der Waals surface area contributed by atoms with Crippen molar-refractivity contribution in [2.45, 2.75) is 65.7 Å². The minimum Gasteiger partial charge on any atom is -0.273 e. The Hall–Kier alpha value is -1.64. The summed E-state index contributed by atoms with van der Waals surface area (Å²) in [5.74, 6) is 0.526. The van der Waals surface area contributed by atoms with Crippen molar-refractivity contribution in [3.8, 4) is 0 Å². The third-order valence-electron chi connectivity index (χ3n) is 3.53. The zero-order valence-electron chi connectivity index (χ0n) is 14.3. The van der Waals surface area contributed by atoms with Gasteiger partial charge in [0.1, 0.15) is 0 Å². The van der Waals surface area contributed by atoms with Gasteiger partial charge in [0.15, 0.2) is 0 Å². The molecule has 0 aliphatic rings. The number of carbonyl (C=O) groups excluding carboxylic acids is 1. The maximum Gasteiger partial charge on any atom is 0.240 e. The summed E-state index contributed by atoms with van der Waals surface area (Å²) in [4.78, 5) is 11.9. The largest absolute Gasteiger partial charge is 0.273 e. The number of hydrogen-bond acceptors (Lipinski definition) is 2. The molecule has 0 fully saturated rings. The van der Waals surface area contributed by atoms with Crippen LogP contribution in [0.15, 0.2) is 35.4 Å². The first-order valence-corrected chi connectivity index (χ1v) is 8.54. The second-order valence-electron chi connectivity index (χ2n) is 6.22. The average molecular weight is 302 g/mol. The molecule has 0 radical (unpaired) electrons. The van der Waals surface area contributed by atoms with Gasteiger partial charge in [0, 0.05) is 6.42 Å². The van der Waals surface area contributed by atoms with E-state index in [1.54, 1.807) is 0 Å². The van der Waals surface area contributed by atoms with Gasteiger partial charge in [-0.3, -0.25) is 4.79 Å². The van der Waals surface area contributed by atoms with Gasteiger partial charge in [-0.15, -0.1) is 0 Å². The summed E-state index contributed by atoms with van der Waals surface area (Å²) >= 11 is 0. The Morgan fingerprint density at radius 3 is 2.41 bits per heavy atom. The summed E-state index contributed by atoms with van der Waals surface area (Å²) in [5, 5.41) is 4.37. The molecule has 122 valence electrons. The van der Waals surface area contributed by atoms with Crippen molar-refractivity contribution in [2.75, 3.05) is 0 Å². The number of nitrogens with one attached hydrogen (secondary N) is 1. The molecule has 0 saturated heterocycles. The molecule has 0 atom stereocenters. The molecule has 1 aromatic carbocycles. The van der Waals surface area contributed by atoms with Gasteiger partial charge < -0.3 is 0 Å². The quantitative estimate of drug-likeness (QED) is 0.372. The van der Waals surface area contributed by atoms with Gasteiger partial charge in [0.2, 0.25) is 5.91 Å². The normalized spacial score (nSPS) is 11.7. The zero-order valence-corrected chi connectivity index (χ0v) is 14.3. The van der Waals surface area contributed by atoms with Crippen molar-refractivity contribution in [3.05, 3.63) is 35.9 Å². The molecule has 0 bridgehead atoms. The molecule has 3 heteroatoms. The van der Waals surface area contributed by atoms with E-state index < -0.39 is 0 Å². The van der Waals surface area contributed by atoms with Crippen molar-refractivity contribution in [1.29, 1.82) is 0 Å². The monoisotopic (exact) mass is 302 g/mol. The van der Waals surface area contributed by atoms with Crippen LogP contribution < -0.4 is 5.43 Å². The van der Waals surface area contributed by atoms with E-state index in [2.05, 4.69) is 31.3 Å². The van der Waals surface area contributed by atoms with Crippen LogP contribution in [0.25, 0.3) is 0 Å². The van der Waals surface area contributed by atoms with E-state index in [-0.39, 0.29) is 5.91 Å². The molecular weight excluding hydrogens is 272 g/mol. The Morgan fingerprint density at radius 1 is 1.09 bits per heavy atom. The van der Waals surface area contributed by atoms with Crippen LogP contribution in [0.2, 0.25) is 0 Å². The van der Waals surface area contributed by atoms with E-state index in [4.69, 9.17) is 0 Å². The van der Waals surface area contributed by atoms with E-state index >= 15 is 0 Å². The Labute approximate surface area is 135 Å². The minimum absolute atomic E-state index is 0.0219. The first kappa shape index (κ1) is 18.4. The number of unbranched alkanes of at least 4 members (excludes halogenated alkanes) is 4. The van der Waals surface area contributed by atoms with Crippen molar-refractivity contribution >= 4 is 11.6 Å². The van der Waals surface area contributed by atoms with Gasteiger partial charge in [0.05, 0.1) is 5.71 Å². The number of hydrazone groups is 1. The fraction of sp³-hybridized carbons (Fsp3) is 0.579. The summed E-state index contributed by atoms with van der Waals surface area (Å²) in [7, 11) is 0. The van der Waals surface area contributed by atoms with E-state index in [1.165, 1.54) is 19.3 Å². The van der Waals surface area contributed by atoms with Crippen LogP contribution in [-0.4, -0.2) is 11.6 Å². The summed E-state index contributed by atoms with van der Waals surface area (Å²) in [6.45, 7) is 6.52. The Bertz CT molecular complexity index is 452. The molecule has 1 aromatic rings. The van der Waals surface area contributed by atoms with Crippen LogP contribution in [0.3, 0.4) is 0 Å². The van der Waals surface area contributed by atoms with Gasteiger partial charge in [-0.2, -0.15) is 5.10 Å². The maximum absolute atomic E-state index is 11.9. The Morgan fingerprint density at radius 2 is 1.77 bits per heavy atom. The highest BCUT2D eigenvalue weighted by Crippen LogP contribution is 2.10. The van der Waals surface area contributed by atoms with Gasteiger partial charge in [-0.25, -0.2) is 5.43 Å². The molecule has 22 heavy (non-hydrogen) atoms. The van der Waals surface area contributed by atoms with E-state index in [0.717, 1.165) is 30.5 Å². The number of amides is 1. The number of benzene rings is 1. The second kappa shape index (κ2) is 11.0. The predicted octanol–water partition coefficient (Wildman–Crippen LogP) is 4.91. The van der Waals surface area contributed by atoms with E-state index in [9.17, 15) is 4.79 Å². The fourth-order valence-electron chi connectivity index (χ4n) is 2.32. The standard InChI is InChI=1S/C19H30N2O/c1-4-5-6-7-11-14-19(22)21-20-18(15-16(2)3)17-12-9-8-10-13-17/h8-10,12-13,16H,4-7,11,14-15H2,1-3H3,(H,21,22). The molecule has 0 aromatic heterocycles. The maximum atomic E-state index is 11.9. The SMILES string of the molecule is CCCCCCCC(=O)NN=C(CC(C)C)c1ccccc1. The molecule has 3 nitrogen and oxygen atoms in total. The van der Waals surface area contributed by atoms with E-state index in [1.807, 2.05) is 30.3 Å². The van der Waals surface area contributed by atoms with Crippen LogP contribution in [0.1, 0.15) is 71.3 Å². The summed E-state index contributed by atoms with van der Waals surface area (Å²) in [6, 6.07) is 10.1. The highest BCUT2D eigenvalue weighted by Gasteiger charge is 2.07. The smallest absolute Gasteiger partial charge is 0.240 e. The number of carbonyl (C=O) groups is 1. The van der Waals surface area contributed by atoms with Crippen LogP contribution >= 0.6 is 0 Å². The molecule has 0 unspecified atom stereocenters. The molecule has 1 amide bonds. The molecule has 0 aliphatic heterocycles. The molecule has 0 saturated carbocycles. The lowest BCUT2D eigenvalue weighted by molar-refractivity contribution is -0.121. The molecule has 1 rings (SSSR count). The highest BCUT2D eigenvalue weighted by molar-refractivity contribution is 6.01. The van der Waals surface area contributed by atoms with Crippen LogP contribution in [0.5, 0.6) is 0 Å². The number of nitrogens with zero attached hydrogens (tertiary/aromatic N) is 1. The van der Waals surface area contributed by atoms with Crippen molar-refractivity contribution in [1.82, 2.24) is 5.43 Å². The van der Waals surface area contributed by atoms with Crippen LogP contribution in [0.4, 0.5) is 0 Å². The van der Waals surface area contributed by atoms with Crippen molar-refractivity contribution < 1.29 is 4.79 Å². The second-order valence-corrected chi connectivity index (χ2v) is 6.22. The van der Waals surface area contributed by atoms with Gasteiger partial charge >= 0.3 is 0 Å². The molecule has 0 heterocycles. The highest BCUT2D eigenvalue weighted by atomic mass is 16.2. The van der Waals surface area contributed by atoms with Crippen LogP contribution in [0, 0.1) is 5.92 Å². The third kappa shape index (κ3) is 7.96. The molecule has 0 spiro atoms.